The quantitative estimate of drug-likeness (QED) is 0.929. The molecule has 1 unspecified atom stereocenters. The van der Waals surface area contributed by atoms with Crippen molar-refractivity contribution in [2.45, 2.75) is 19.3 Å². The first kappa shape index (κ1) is 14.8. The monoisotopic (exact) mass is 307 g/mol. The summed E-state index contributed by atoms with van der Waals surface area (Å²) in [6.07, 6.45) is 2.12. The van der Waals surface area contributed by atoms with E-state index in [2.05, 4.69) is 0 Å². The molecule has 1 spiro atoms. The Balaban J connectivity index is 1.65. The van der Waals surface area contributed by atoms with Crippen molar-refractivity contribution in [3.8, 4) is 5.75 Å². The highest BCUT2D eigenvalue weighted by molar-refractivity contribution is 5.94. The van der Waals surface area contributed by atoms with Gasteiger partial charge in [-0.3, -0.25) is 9.59 Å². The molecule has 22 heavy (non-hydrogen) atoms. The molecule has 0 radical (unpaired) electrons. The summed E-state index contributed by atoms with van der Waals surface area (Å²) in [7, 11) is 1.37. The van der Waals surface area contributed by atoms with Crippen LogP contribution in [0.2, 0.25) is 0 Å². The molecule has 1 heterocycles. The van der Waals surface area contributed by atoms with Crippen molar-refractivity contribution in [3.05, 3.63) is 29.6 Å². The summed E-state index contributed by atoms with van der Waals surface area (Å²) in [5.41, 5.74) is 0.174. The highest BCUT2D eigenvalue weighted by Gasteiger charge is 2.59. The van der Waals surface area contributed by atoms with E-state index in [1.54, 1.807) is 11.0 Å². The number of carbonyl (C=O) groups excluding carboxylic acids is 1. The summed E-state index contributed by atoms with van der Waals surface area (Å²) in [6, 6.07) is 4.17. The van der Waals surface area contributed by atoms with Crippen molar-refractivity contribution in [1.82, 2.24) is 4.90 Å². The van der Waals surface area contributed by atoms with Crippen molar-refractivity contribution in [2.75, 3.05) is 20.2 Å². The van der Waals surface area contributed by atoms with Crippen LogP contribution in [0.3, 0.4) is 0 Å². The number of aliphatic carboxylic acids is 1. The molecule has 1 aliphatic heterocycles. The lowest BCUT2D eigenvalue weighted by molar-refractivity contribution is -0.139. The average Bonchev–Trinajstić information content (AvgIpc) is 3.21. The van der Waals surface area contributed by atoms with Gasteiger partial charge in [-0.1, -0.05) is 0 Å². The van der Waals surface area contributed by atoms with Gasteiger partial charge in [0.2, 0.25) is 0 Å². The van der Waals surface area contributed by atoms with E-state index >= 15 is 0 Å². The Labute approximate surface area is 127 Å². The zero-order valence-corrected chi connectivity index (χ0v) is 12.3. The van der Waals surface area contributed by atoms with Gasteiger partial charge in [-0.2, -0.15) is 0 Å². The highest BCUT2D eigenvalue weighted by atomic mass is 19.1. The average molecular weight is 307 g/mol. The molecule has 0 aromatic heterocycles. The second-order valence-corrected chi connectivity index (χ2v) is 6.10. The number of rotatable bonds is 3. The number of carboxylic acids is 1. The van der Waals surface area contributed by atoms with Crippen LogP contribution in [0.4, 0.5) is 4.39 Å². The van der Waals surface area contributed by atoms with Crippen LogP contribution in [0, 0.1) is 17.2 Å². The molecule has 118 valence electrons. The third-order valence-electron chi connectivity index (χ3n) is 4.93. The van der Waals surface area contributed by atoms with E-state index in [-0.39, 0.29) is 23.0 Å². The SMILES string of the molecule is COc1ccc(C(=O)N2CCC3(CC2)CC3C(=O)O)cc1F. The molecule has 1 aromatic carbocycles. The normalized spacial score (nSPS) is 22.5. The van der Waals surface area contributed by atoms with E-state index in [4.69, 9.17) is 9.84 Å². The van der Waals surface area contributed by atoms with Gasteiger partial charge in [0.25, 0.3) is 5.91 Å². The summed E-state index contributed by atoms with van der Waals surface area (Å²) in [6.45, 7) is 1.05. The lowest BCUT2D eigenvalue weighted by Gasteiger charge is -2.32. The smallest absolute Gasteiger partial charge is 0.307 e. The number of halogens is 1. The second kappa shape index (κ2) is 5.26. The number of carbonyl (C=O) groups is 2. The molecule has 1 atom stereocenters. The Morgan fingerprint density at radius 3 is 2.55 bits per heavy atom. The molecular weight excluding hydrogens is 289 g/mol. The van der Waals surface area contributed by atoms with Crippen LogP contribution in [-0.4, -0.2) is 42.1 Å². The molecular formula is C16H18FNO4. The number of benzene rings is 1. The van der Waals surface area contributed by atoms with Gasteiger partial charge >= 0.3 is 5.97 Å². The second-order valence-electron chi connectivity index (χ2n) is 6.10. The number of hydrogen-bond acceptors (Lipinski definition) is 3. The lowest BCUT2D eigenvalue weighted by Crippen LogP contribution is -2.40. The summed E-state index contributed by atoms with van der Waals surface area (Å²) in [5, 5.41) is 9.07. The van der Waals surface area contributed by atoms with Crippen LogP contribution in [0.5, 0.6) is 5.75 Å². The molecule has 1 saturated heterocycles. The molecule has 3 rings (SSSR count). The minimum Gasteiger partial charge on any atom is -0.494 e. The molecule has 6 heteroatoms. The van der Waals surface area contributed by atoms with Crippen LogP contribution in [0.15, 0.2) is 18.2 Å². The fourth-order valence-corrected chi connectivity index (χ4v) is 3.39. The summed E-state index contributed by atoms with van der Waals surface area (Å²) in [4.78, 5) is 25.1. The molecule has 0 bridgehead atoms. The van der Waals surface area contributed by atoms with Gasteiger partial charge in [0.15, 0.2) is 11.6 Å². The molecule has 2 aliphatic rings. The maximum Gasteiger partial charge on any atom is 0.307 e. The Morgan fingerprint density at radius 1 is 1.36 bits per heavy atom. The Bertz CT molecular complexity index is 623. The van der Waals surface area contributed by atoms with Crippen LogP contribution in [0.1, 0.15) is 29.6 Å². The molecule has 2 fully saturated rings. The predicted octanol–water partition coefficient (Wildman–Crippen LogP) is 2.16. The molecule has 1 N–H and O–H groups in total. The third kappa shape index (κ3) is 2.42. The van der Waals surface area contributed by atoms with E-state index in [1.165, 1.54) is 19.2 Å². The largest absolute Gasteiger partial charge is 0.494 e. The highest BCUT2D eigenvalue weighted by Crippen LogP contribution is 2.59. The third-order valence-corrected chi connectivity index (χ3v) is 4.93. The Morgan fingerprint density at radius 2 is 2.05 bits per heavy atom. The van der Waals surface area contributed by atoms with Crippen molar-refractivity contribution in [3.63, 3.8) is 0 Å². The molecule has 1 saturated carbocycles. The number of ether oxygens (including phenoxy) is 1. The van der Waals surface area contributed by atoms with E-state index in [0.717, 1.165) is 0 Å². The van der Waals surface area contributed by atoms with Gasteiger partial charge in [0, 0.05) is 18.7 Å². The van der Waals surface area contributed by atoms with Crippen LogP contribution in [-0.2, 0) is 4.79 Å². The van der Waals surface area contributed by atoms with Gasteiger partial charge in [-0.05, 0) is 42.9 Å². The number of methoxy groups -OCH3 is 1. The van der Waals surface area contributed by atoms with Crippen molar-refractivity contribution < 1.29 is 23.8 Å². The number of piperidine rings is 1. The van der Waals surface area contributed by atoms with E-state index in [1.807, 2.05) is 0 Å². The standard InChI is InChI=1S/C16H18FNO4/c1-22-13-3-2-10(8-12(13)17)14(19)18-6-4-16(5-7-18)9-11(16)15(20)21/h2-3,8,11H,4-7,9H2,1H3,(H,20,21). The molecule has 1 amide bonds. The maximum absolute atomic E-state index is 13.7. The fraction of sp³-hybridized carbons (Fsp3) is 0.500. The van der Waals surface area contributed by atoms with E-state index in [9.17, 15) is 14.0 Å². The summed E-state index contributed by atoms with van der Waals surface area (Å²) < 4.78 is 18.5. The van der Waals surface area contributed by atoms with E-state index < -0.39 is 11.8 Å². The van der Waals surface area contributed by atoms with E-state index in [0.29, 0.717) is 37.9 Å². The van der Waals surface area contributed by atoms with Gasteiger partial charge < -0.3 is 14.7 Å². The zero-order chi connectivity index (χ0) is 15.9. The van der Waals surface area contributed by atoms with Gasteiger partial charge in [0.05, 0.1) is 13.0 Å². The molecule has 1 aromatic rings. The van der Waals surface area contributed by atoms with Crippen molar-refractivity contribution >= 4 is 11.9 Å². The summed E-state index contributed by atoms with van der Waals surface area (Å²) in [5.74, 6) is -1.67. The lowest BCUT2D eigenvalue weighted by atomic mass is 9.90. The van der Waals surface area contributed by atoms with Gasteiger partial charge in [-0.25, -0.2) is 4.39 Å². The van der Waals surface area contributed by atoms with Crippen LogP contribution >= 0.6 is 0 Å². The van der Waals surface area contributed by atoms with Crippen molar-refractivity contribution in [1.29, 1.82) is 0 Å². The number of nitrogens with zero attached hydrogens (tertiary/aromatic N) is 1. The number of hydrogen-bond donors (Lipinski definition) is 1. The maximum atomic E-state index is 13.7. The number of likely N-dealkylation sites (tertiary alicyclic amines) is 1. The van der Waals surface area contributed by atoms with Crippen LogP contribution in [0.25, 0.3) is 0 Å². The first-order valence-corrected chi connectivity index (χ1v) is 7.32. The first-order chi connectivity index (χ1) is 10.5. The predicted molar refractivity (Wildman–Crippen MR) is 76.3 cm³/mol. The number of carboxylic acid groups (broad SMARTS) is 1. The minimum absolute atomic E-state index is 0.108. The zero-order valence-electron chi connectivity index (χ0n) is 12.3. The van der Waals surface area contributed by atoms with Crippen LogP contribution < -0.4 is 4.74 Å². The van der Waals surface area contributed by atoms with Gasteiger partial charge in [0.1, 0.15) is 0 Å². The first-order valence-electron chi connectivity index (χ1n) is 7.32. The minimum atomic E-state index is -0.739. The molecule has 5 nitrogen and oxygen atoms in total. The Hall–Kier alpha value is -2.11. The molecule has 1 aliphatic carbocycles. The topological polar surface area (TPSA) is 66.8 Å². The van der Waals surface area contributed by atoms with Gasteiger partial charge in [-0.15, -0.1) is 0 Å². The fourth-order valence-electron chi connectivity index (χ4n) is 3.39. The summed E-state index contributed by atoms with van der Waals surface area (Å²) >= 11 is 0. The van der Waals surface area contributed by atoms with Crippen molar-refractivity contribution in [2.24, 2.45) is 11.3 Å². The number of amides is 1. The Kier molecular flexibility index (Phi) is 3.54.